The highest BCUT2D eigenvalue weighted by atomic mass is 32.1. The molecule has 0 radical (unpaired) electrons. The molecule has 0 bridgehead atoms. The zero-order chi connectivity index (χ0) is 17.1. The summed E-state index contributed by atoms with van der Waals surface area (Å²) in [6, 6.07) is 14.1. The fraction of sp³-hybridized carbons (Fsp3) is 0.105. The van der Waals surface area contributed by atoms with Crippen LogP contribution in [0.4, 0.5) is 8.78 Å². The molecule has 1 N–H and O–H groups in total. The molecule has 1 heterocycles. The maximum absolute atomic E-state index is 13.9. The van der Waals surface area contributed by atoms with E-state index in [2.05, 4.69) is 5.32 Å². The predicted molar refractivity (Wildman–Crippen MR) is 91.2 cm³/mol. The van der Waals surface area contributed by atoms with Crippen LogP contribution in [0, 0.1) is 18.6 Å². The molecule has 2 nitrogen and oxygen atoms in total. The number of thiophene rings is 1. The van der Waals surface area contributed by atoms with Crippen LogP contribution in [0.3, 0.4) is 0 Å². The van der Waals surface area contributed by atoms with Gasteiger partial charge in [0.25, 0.3) is 5.91 Å². The molecule has 2 aromatic carbocycles. The Morgan fingerprint density at radius 1 is 1.08 bits per heavy atom. The maximum atomic E-state index is 13.9. The fourth-order valence-corrected chi connectivity index (χ4v) is 3.22. The number of nitrogens with one attached hydrogen (secondary N) is 1. The standard InChI is InChI=1S/C19H15F2NOS/c1-12-4-6-13(7-5-12)18(17-3-2-10-24-17)22-19(23)15-9-8-14(20)11-16(15)21/h2-11,18H,1H3,(H,22,23)/t18-/m0/s1. The van der Waals surface area contributed by atoms with Crippen molar-refractivity contribution in [1.29, 1.82) is 0 Å². The van der Waals surface area contributed by atoms with Gasteiger partial charge < -0.3 is 5.32 Å². The van der Waals surface area contributed by atoms with E-state index in [1.807, 2.05) is 48.7 Å². The first-order valence-corrected chi connectivity index (χ1v) is 8.28. The summed E-state index contributed by atoms with van der Waals surface area (Å²) < 4.78 is 26.9. The average molecular weight is 343 g/mol. The summed E-state index contributed by atoms with van der Waals surface area (Å²) in [4.78, 5) is 13.4. The van der Waals surface area contributed by atoms with Gasteiger partial charge in [-0.2, -0.15) is 0 Å². The predicted octanol–water partition coefficient (Wildman–Crippen LogP) is 4.85. The van der Waals surface area contributed by atoms with Crippen molar-refractivity contribution in [2.24, 2.45) is 0 Å². The van der Waals surface area contributed by atoms with Gasteiger partial charge in [-0.25, -0.2) is 8.78 Å². The first kappa shape index (κ1) is 16.3. The Kier molecular flexibility index (Phi) is 4.71. The van der Waals surface area contributed by atoms with Gasteiger partial charge in [-0.1, -0.05) is 35.9 Å². The molecule has 3 aromatic rings. The topological polar surface area (TPSA) is 29.1 Å². The van der Waals surface area contributed by atoms with Crippen molar-refractivity contribution in [2.75, 3.05) is 0 Å². The lowest BCUT2D eigenvalue weighted by Crippen LogP contribution is -2.29. The summed E-state index contributed by atoms with van der Waals surface area (Å²) in [6.45, 7) is 1.98. The van der Waals surface area contributed by atoms with E-state index >= 15 is 0 Å². The van der Waals surface area contributed by atoms with Crippen LogP contribution < -0.4 is 5.32 Å². The van der Waals surface area contributed by atoms with Crippen molar-refractivity contribution >= 4 is 17.2 Å². The molecule has 1 amide bonds. The molecule has 0 saturated heterocycles. The smallest absolute Gasteiger partial charge is 0.255 e. The van der Waals surface area contributed by atoms with Gasteiger partial charge in [0, 0.05) is 10.9 Å². The number of benzene rings is 2. The largest absolute Gasteiger partial charge is 0.340 e. The van der Waals surface area contributed by atoms with E-state index in [1.165, 1.54) is 11.3 Å². The minimum absolute atomic E-state index is 0.176. The molecule has 0 aliphatic rings. The zero-order valence-corrected chi connectivity index (χ0v) is 13.7. The van der Waals surface area contributed by atoms with Crippen LogP contribution in [0.1, 0.15) is 32.4 Å². The molecule has 3 rings (SSSR count). The third-order valence-corrected chi connectivity index (χ3v) is 4.63. The summed E-state index contributed by atoms with van der Waals surface area (Å²) in [6.07, 6.45) is 0. The van der Waals surface area contributed by atoms with E-state index in [0.717, 1.165) is 28.1 Å². The molecule has 0 aliphatic heterocycles. The lowest BCUT2D eigenvalue weighted by atomic mass is 10.0. The SMILES string of the molecule is Cc1ccc([C@H](NC(=O)c2ccc(F)cc2F)c2cccs2)cc1. The number of aryl methyl sites for hydroxylation is 1. The van der Waals surface area contributed by atoms with Crippen molar-refractivity contribution < 1.29 is 13.6 Å². The minimum Gasteiger partial charge on any atom is -0.340 e. The highest BCUT2D eigenvalue weighted by Gasteiger charge is 2.20. The van der Waals surface area contributed by atoms with Gasteiger partial charge in [-0.3, -0.25) is 4.79 Å². The van der Waals surface area contributed by atoms with Crippen LogP contribution in [-0.4, -0.2) is 5.91 Å². The van der Waals surface area contributed by atoms with Gasteiger partial charge in [-0.05, 0) is 36.1 Å². The second-order valence-corrected chi connectivity index (χ2v) is 6.44. The molecule has 0 spiro atoms. The highest BCUT2D eigenvalue weighted by Crippen LogP contribution is 2.27. The van der Waals surface area contributed by atoms with Crippen molar-refractivity contribution in [3.05, 3.63) is 93.2 Å². The van der Waals surface area contributed by atoms with Crippen molar-refractivity contribution in [1.82, 2.24) is 5.32 Å². The third-order valence-electron chi connectivity index (χ3n) is 3.69. The molecule has 0 fully saturated rings. The van der Waals surface area contributed by atoms with E-state index in [4.69, 9.17) is 0 Å². The maximum Gasteiger partial charge on any atom is 0.255 e. The first-order valence-electron chi connectivity index (χ1n) is 7.40. The van der Waals surface area contributed by atoms with Crippen LogP contribution in [0.15, 0.2) is 60.0 Å². The molecular weight excluding hydrogens is 328 g/mol. The van der Waals surface area contributed by atoms with E-state index < -0.39 is 17.5 Å². The second-order valence-electron chi connectivity index (χ2n) is 5.46. The Morgan fingerprint density at radius 2 is 1.83 bits per heavy atom. The lowest BCUT2D eigenvalue weighted by Gasteiger charge is -2.18. The second kappa shape index (κ2) is 6.93. The van der Waals surface area contributed by atoms with E-state index in [-0.39, 0.29) is 11.6 Å². The number of rotatable bonds is 4. The molecule has 122 valence electrons. The summed E-state index contributed by atoms with van der Waals surface area (Å²) >= 11 is 1.51. The van der Waals surface area contributed by atoms with Gasteiger partial charge in [0.2, 0.25) is 0 Å². The molecule has 1 aromatic heterocycles. The molecule has 0 unspecified atom stereocenters. The van der Waals surface area contributed by atoms with Crippen LogP contribution in [0.25, 0.3) is 0 Å². The van der Waals surface area contributed by atoms with Gasteiger partial charge in [0.05, 0.1) is 11.6 Å². The van der Waals surface area contributed by atoms with Gasteiger partial charge in [-0.15, -0.1) is 11.3 Å². The number of amides is 1. The van der Waals surface area contributed by atoms with Crippen LogP contribution in [0.5, 0.6) is 0 Å². The Balaban J connectivity index is 1.92. The highest BCUT2D eigenvalue weighted by molar-refractivity contribution is 7.10. The fourth-order valence-electron chi connectivity index (χ4n) is 2.42. The first-order chi connectivity index (χ1) is 11.5. The quantitative estimate of drug-likeness (QED) is 0.720. The Hall–Kier alpha value is -2.53. The lowest BCUT2D eigenvalue weighted by molar-refractivity contribution is 0.0939. The Bertz CT molecular complexity index is 844. The van der Waals surface area contributed by atoms with E-state index in [0.29, 0.717) is 6.07 Å². The molecule has 0 aliphatic carbocycles. The van der Waals surface area contributed by atoms with Gasteiger partial charge in [0.15, 0.2) is 0 Å². The zero-order valence-electron chi connectivity index (χ0n) is 12.9. The summed E-state index contributed by atoms with van der Waals surface area (Å²) in [5.74, 6) is -2.16. The summed E-state index contributed by atoms with van der Waals surface area (Å²) in [5.41, 5.74) is 1.84. The molecule has 1 atom stereocenters. The van der Waals surface area contributed by atoms with Crippen LogP contribution in [-0.2, 0) is 0 Å². The average Bonchev–Trinajstić information content (AvgIpc) is 3.07. The molecule has 24 heavy (non-hydrogen) atoms. The van der Waals surface area contributed by atoms with Crippen molar-refractivity contribution in [2.45, 2.75) is 13.0 Å². The molecule has 5 heteroatoms. The monoisotopic (exact) mass is 343 g/mol. The van der Waals surface area contributed by atoms with Crippen molar-refractivity contribution in [3.63, 3.8) is 0 Å². The number of hydrogen-bond donors (Lipinski definition) is 1. The van der Waals surface area contributed by atoms with Crippen LogP contribution in [0.2, 0.25) is 0 Å². The molecule has 0 saturated carbocycles. The Morgan fingerprint density at radius 3 is 2.46 bits per heavy atom. The summed E-state index contributed by atoms with van der Waals surface area (Å²) in [7, 11) is 0. The number of carbonyl (C=O) groups is 1. The van der Waals surface area contributed by atoms with Crippen molar-refractivity contribution in [3.8, 4) is 0 Å². The summed E-state index contributed by atoms with van der Waals surface area (Å²) in [5, 5.41) is 4.76. The number of hydrogen-bond acceptors (Lipinski definition) is 2. The Labute approximate surface area is 142 Å². The third kappa shape index (κ3) is 3.51. The normalized spacial score (nSPS) is 12.0. The van der Waals surface area contributed by atoms with Crippen LogP contribution >= 0.6 is 11.3 Å². The minimum atomic E-state index is -0.874. The number of halogens is 2. The molecular formula is C19H15F2NOS. The van der Waals surface area contributed by atoms with Gasteiger partial charge >= 0.3 is 0 Å². The van der Waals surface area contributed by atoms with Gasteiger partial charge in [0.1, 0.15) is 11.6 Å². The van der Waals surface area contributed by atoms with E-state index in [9.17, 15) is 13.6 Å². The van der Waals surface area contributed by atoms with E-state index in [1.54, 1.807) is 0 Å². The number of carbonyl (C=O) groups excluding carboxylic acids is 1.